The van der Waals surface area contributed by atoms with Gasteiger partial charge in [0.2, 0.25) is 0 Å². The van der Waals surface area contributed by atoms with Gasteiger partial charge in [0, 0.05) is 19.5 Å². The Morgan fingerprint density at radius 1 is 1.19 bits per heavy atom. The zero-order valence-corrected chi connectivity index (χ0v) is 12.3. The Labute approximate surface area is 122 Å². The molecule has 21 heavy (non-hydrogen) atoms. The predicted molar refractivity (Wildman–Crippen MR) is 75.0 cm³/mol. The monoisotopic (exact) mass is 317 g/mol. The van der Waals surface area contributed by atoms with Crippen molar-refractivity contribution < 1.29 is 22.0 Å². The molecule has 0 aromatic heterocycles. The highest BCUT2D eigenvalue weighted by atomic mass is 32.2. The van der Waals surface area contributed by atoms with Crippen LogP contribution >= 0.6 is 0 Å². The maximum atomic E-state index is 13.5. The molecule has 0 unspecified atom stereocenters. The minimum absolute atomic E-state index is 0.0421. The van der Waals surface area contributed by atoms with Crippen molar-refractivity contribution in [2.45, 2.75) is 12.8 Å². The van der Waals surface area contributed by atoms with Crippen molar-refractivity contribution in [1.82, 2.24) is 4.90 Å². The van der Waals surface area contributed by atoms with Crippen LogP contribution in [-0.2, 0) is 9.84 Å². The highest BCUT2D eigenvalue weighted by Crippen LogP contribution is 2.14. The van der Waals surface area contributed by atoms with Crippen molar-refractivity contribution in [2.24, 2.45) is 0 Å². The van der Waals surface area contributed by atoms with Gasteiger partial charge >= 0.3 is 0 Å². The molecule has 1 aliphatic rings. The average molecular weight is 317 g/mol. The lowest BCUT2D eigenvalue weighted by Crippen LogP contribution is -2.29. The van der Waals surface area contributed by atoms with Crippen molar-refractivity contribution in [3.63, 3.8) is 0 Å². The summed E-state index contributed by atoms with van der Waals surface area (Å²) in [5.74, 6) is -2.40. The molecule has 0 bridgehead atoms. The van der Waals surface area contributed by atoms with Gasteiger partial charge in [0.05, 0.1) is 17.1 Å². The van der Waals surface area contributed by atoms with Crippen LogP contribution in [0.25, 0.3) is 0 Å². The number of hydrogen-bond donors (Lipinski definition) is 0. The summed E-state index contributed by atoms with van der Waals surface area (Å²) in [6.07, 6.45) is 0.575. The second-order valence-corrected chi connectivity index (χ2v) is 7.43. The minimum atomic E-state index is -2.99. The third kappa shape index (κ3) is 4.31. The number of halogens is 2. The van der Waals surface area contributed by atoms with Crippen molar-refractivity contribution in [2.75, 3.05) is 31.1 Å². The molecule has 116 valence electrons. The van der Waals surface area contributed by atoms with E-state index in [1.54, 1.807) is 0 Å². The van der Waals surface area contributed by atoms with Crippen LogP contribution in [0.5, 0.6) is 0 Å². The zero-order chi connectivity index (χ0) is 15.5. The first-order valence-corrected chi connectivity index (χ1v) is 8.61. The molecule has 7 heteroatoms. The number of Topliss-reactive ketones (excluding diaryl/α,β-unsaturated/α-hetero) is 1. The lowest BCUT2D eigenvalue weighted by molar-refractivity contribution is 0.0961. The summed E-state index contributed by atoms with van der Waals surface area (Å²) in [6, 6.07) is 3.52. The molecule has 2 rings (SSSR count). The van der Waals surface area contributed by atoms with E-state index in [4.69, 9.17) is 0 Å². The van der Waals surface area contributed by atoms with Crippen LogP contribution in [0.2, 0.25) is 0 Å². The van der Waals surface area contributed by atoms with Gasteiger partial charge in [-0.05, 0) is 25.1 Å². The minimum Gasteiger partial charge on any atom is -0.302 e. The van der Waals surface area contributed by atoms with E-state index >= 15 is 0 Å². The molecule has 0 amide bonds. The van der Waals surface area contributed by atoms with Crippen LogP contribution in [0.15, 0.2) is 18.2 Å². The number of rotatable bonds is 4. The molecule has 0 atom stereocenters. The van der Waals surface area contributed by atoms with Crippen LogP contribution in [-0.4, -0.2) is 50.2 Å². The van der Waals surface area contributed by atoms with Crippen molar-refractivity contribution in [3.05, 3.63) is 35.4 Å². The van der Waals surface area contributed by atoms with E-state index in [-0.39, 0.29) is 23.5 Å². The SMILES string of the molecule is O=C(CCN1CCCS(=O)(=O)CC1)c1cccc(F)c1F. The fourth-order valence-electron chi connectivity index (χ4n) is 2.33. The number of nitrogens with zero attached hydrogens (tertiary/aromatic N) is 1. The fourth-order valence-corrected chi connectivity index (χ4v) is 3.64. The molecule has 1 saturated heterocycles. The molecule has 0 spiro atoms. The van der Waals surface area contributed by atoms with Gasteiger partial charge in [-0.2, -0.15) is 0 Å². The van der Waals surface area contributed by atoms with E-state index in [1.165, 1.54) is 12.1 Å². The number of ketones is 1. The van der Waals surface area contributed by atoms with Crippen LogP contribution in [0.3, 0.4) is 0 Å². The van der Waals surface area contributed by atoms with E-state index < -0.39 is 27.3 Å². The molecule has 0 N–H and O–H groups in total. The van der Waals surface area contributed by atoms with Gasteiger partial charge in [0.15, 0.2) is 27.3 Å². The van der Waals surface area contributed by atoms with Gasteiger partial charge in [0.25, 0.3) is 0 Å². The number of sulfone groups is 1. The Morgan fingerprint density at radius 2 is 1.95 bits per heavy atom. The molecular weight excluding hydrogens is 300 g/mol. The summed E-state index contributed by atoms with van der Waals surface area (Å²) in [4.78, 5) is 13.8. The first-order chi connectivity index (χ1) is 9.89. The van der Waals surface area contributed by atoms with Crippen molar-refractivity contribution in [3.8, 4) is 0 Å². The van der Waals surface area contributed by atoms with Crippen LogP contribution in [0, 0.1) is 11.6 Å². The van der Waals surface area contributed by atoms with E-state index in [0.29, 0.717) is 26.1 Å². The third-order valence-corrected chi connectivity index (χ3v) is 5.27. The molecule has 1 aromatic rings. The van der Waals surface area contributed by atoms with E-state index in [9.17, 15) is 22.0 Å². The Morgan fingerprint density at radius 3 is 2.71 bits per heavy atom. The quantitative estimate of drug-likeness (QED) is 0.793. The lowest BCUT2D eigenvalue weighted by atomic mass is 10.1. The van der Waals surface area contributed by atoms with E-state index in [1.807, 2.05) is 4.90 Å². The highest BCUT2D eigenvalue weighted by Gasteiger charge is 2.20. The van der Waals surface area contributed by atoms with Crippen LogP contribution < -0.4 is 0 Å². The highest BCUT2D eigenvalue weighted by molar-refractivity contribution is 7.91. The van der Waals surface area contributed by atoms with Crippen LogP contribution in [0.1, 0.15) is 23.2 Å². The standard InChI is InChI=1S/C14H17F2NO3S/c15-12-4-1-3-11(14(12)16)13(18)5-7-17-6-2-9-21(19,20)10-8-17/h1,3-4H,2,5-10H2. The van der Waals surface area contributed by atoms with Gasteiger partial charge < -0.3 is 4.90 Å². The fraction of sp³-hybridized carbons (Fsp3) is 0.500. The van der Waals surface area contributed by atoms with Gasteiger partial charge in [-0.3, -0.25) is 4.79 Å². The number of carbonyl (C=O) groups is 1. The first kappa shape index (κ1) is 16.0. The molecule has 1 heterocycles. The lowest BCUT2D eigenvalue weighted by Gasteiger charge is -2.18. The average Bonchev–Trinajstić information content (AvgIpc) is 2.60. The van der Waals surface area contributed by atoms with E-state index in [2.05, 4.69) is 0 Å². The Kier molecular flexibility index (Phi) is 5.05. The van der Waals surface area contributed by atoms with Gasteiger partial charge in [0.1, 0.15) is 0 Å². The molecular formula is C14H17F2NO3S. The molecule has 1 aromatic carbocycles. The first-order valence-electron chi connectivity index (χ1n) is 6.79. The second kappa shape index (κ2) is 6.62. The van der Waals surface area contributed by atoms with Crippen molar-refractivity contribution >= 4 is 15.6 Å². The Balaban J connectivity index is 1.94. The summed E-state index contributed by atoms with van der Waals surface area (Å²) in [6.45, 7) is 1.32. The normalized spacial score (nSPS) is 19.1. The second-order valence-electron chi connectivity index (χ2n) is 5.12. The zero-order valence-electron chi connectivity index (χ0n) is 11.5. The third-order valence-electron chi connectivity index (χ3n) is 3.56. The Hall–Kier alpha value is -1.34. The predicted octanol–water partition coefficient (Wildman–Crippen LogP) is 1.66. The van der Waals surface area contributed by atoms with Crippen LogP contribution in [0.4, 0.5) is 8.78 Å². The smallest absolute Gasteiger partial charge is 0.169 e. The molecule has 1 aliphatic heterocycles. The summed E-state index contributed by atoms with van der Waals surface area (Å²) >= 11 is 0. The van der Waals surface area contributed by atoms with Gasteiger partial charge in [-0.25, -0.2) is 17.2 Å². The number of benzene rings is 1. The molecule has 0 aliphatic carbocycles. The van der Waals surface area contributed by atoms with Gasteiger partial charge in [-0.1, -0.05) is 6.07 Å². The summed E-state index contributed by atoms with van der Waals surface area (Å²) in [5, 5.41) is 0. The van der Waals surface area contributed by atoms with Crippen molar-refractivity contribution in [1.29, 1.82) is 0 Å². The largest absolute Gasteiger partial charge is 0.302 e. The molecule has 0 saturated carbocycles. The molecule has 1 fully saturated rings. The topological polar surface area (TPSA) is 54.5 Å². The summed E-state index contributed by atoms with van der Waals surface area (Å²) < 4.78 is 49.5. The van der Waals surface area contributed by atoms with E-state index in [0.717, 1.165) is 6.07 Å². The maximum Gasteiger partial charge on any atom is 0.169 e. The maximum absolute atomic E-state index is 13.5. The molecule has 0 radical (unpaired) electrons. The number of carbonyl (C=O) groups excluding carboxylic acids is 1. The molecule has 4 nitrogen and oxygen atoms in total. The summed E-state index contributed by atoms with van der Waals surface area (Å²) in [7, 11) is -2.99. The van der Waals surface area contributed by atoms with Gasteiger partial charge in [-0.15, -0.1) is 0 Å². The Bertz CT molecular complexity index is 631. The number of hydrogen-bond acceptors (Lipinski definition) is 4. The summed E-state index contributed by atoms with van der Waals surface area (Å²) in [5.41, 5.74) is -0.252.